The van der Waals surface area contributed by atoms with Gasteiger partial charge in [-0.25, -0.2) is 4.57 Å². The Balaban J connectivity index is 1.79. The van der Waals surface area contributed by atoms with Gasteiger partial charge in [0.25, 0.3) is 21.6 Å². The number of hydrazone groups is 1. The lowest BCUT2D eigenvalue weighted by molar-refractivity contribution is -0.114. The van der Waals surface area contributed by atoms with Crippen molar-refractivity contribution in [2.45, 2.75) is 18.7 Å². The number of hydrogen-bond donors (Lipinski definition) is 2. The van der Waals surface area contributed by atoms with Crippen molar-refractivity contribution in [2.24, 2.45) is 5.10 Å². The summed E-state index contributed by atoms with van der Waals surface area (Å²) in [6, 6.07) is 15.4. The molecule has 11 heteroatoms. The molecule has 186 valence electrons. The second-order valence-corrected chi connectivity index (χ2v) is 9.46. The van der Waals surface area contributed by atoms with Gasteiger partial charge in [0.05, 0.1) is 27.6 Å². The second kappa shape index (κ2) is 9.69. The predicted molar refractivity (Wildman–Crippen MR) is 137 cm³/mol. The monoisotopic (exact) mass is 516 g/mol. The van der Waals surface area contributed by atoms with Gasteiger partial charge >= 0.3 is 0 Å². The van der Waals surface area contributed by atoms with Gasteiger partial charge in [-0.3, -0.25) is 14.1 Å². The van der Waals surface area contributed by atoms with Crippen LogP contribution in [-0.2, 0) is 14.9 Å². The number of aromatic hydroxyl groups is 1. The highest BCUT2D eigenvalue weighted by atomic mass is 32.2. The Bertz CT molecular complexity index is 1730. The molecule has 1 aromatic heterocycles. The number of anilines is 1. The van der Waals surface area contributed by atoms with Gasteiger partial charge in [-0.05, 0) is 61.9 Å². The SMILES string of the molecule is CC1=NN(c2ccccc2)C(=O)/C1=C\C=C\c1c(C)c(C#N)c(=O)n(-c2cccc(S(=O)(=O)O)c2)c1O. The summed E-state index contributed by atoms with van der Waals surface area (Å²) in [7, 11) is -4.58. The largest absolute Gasteiger partial charge is 0.494 e. The van der Waals surface area contributed by atoms with Crippen LogP contribution in [0, 0.1) is 18.3 Å². The highest BCUT2D eigenvalue weighted by Crippen LogP contribution is 2.28. The number of benzene rings is 2. The van der Waals surface area contributed by atoms with Crippen molar-refractivity contribution >= 4 is 33.5 Å². The number of hydrogen-bond acceptors (Lipinski definition) is 7. The summed E-state index contributed by atoms with van der Waals surface area (Å²) in [5, 5.41) is 26.1. The van der Waals surface area contributed by atoms with E-state index >= 15 is 0 Å². The molecule has 3 aromatic rings. The first-order valence-electron chi connectivity index (χ1n) is 10.8. The lowest BCUT2D eigenvalue weighted by Crippen LogP contribution is -2.23. The molecule has 2 aromatic carbocycles. The molecule has 2 heterocycles. The van der Waals surface area contributed by atoms with E-state index in [0.717, 1.165) is 16.7 Å². The Morgan fingerprint density at radius 3 is 2.35 bits per heavy atom. The van der Waals surface area contributed by atoms with Crippen LogP contribution < -0.4 is 10.6 Å². The molecule has 1 amide bonds. The average Bonchev–Trinajstić information content (AvgIpc) is 3.15. The van der Waals surface area contributed by atoms with E-state index < -0.39 is 26.5 Å². The van der Waals surface area contributed by atoms with E-state index in [-0.39, 0.29) is 28.3 Å². The van der Waals surface area contributed by atoms with Crippen molar-refractivity contribution in [2.75, 3.05) is 5.01 Å². The van der Waals surface area contributed by atoms with Gasteiger partial charge in [0.2, 0.25) is 5.88 Å². The third-order valence-electron chi connectivity index (χ3n) is 5.72. The van der Waals surface area contributed by atoms with E-state index in [2.05, 4.69) is 5.10 Å². The Hall–Kier alpha value is -4.79. The summed E-state index contributed by atoms with van der Waals surface area (Å²) in [4.78, 5) is 25.4. The number of amides is 1. The maximum absolute atomic E-state index is 13.0. The number of allylic oxidation sites excluding steroid dienone is 2. The zero-order valence-electron chi connectivity index (χ0n) is 19.7. The topological polar surface area (TPSA) is 153 Å². The van der Waals surface area contributed by atoms with Gasteiger partial charge in [0, 0.05) is 5.56 Å². The first-order valence-corrected chi connectivity index (χ1v) is 12.3. The third kappa shape index (κ3) is 4.71. The lowest BCUT2D eigenvalue weighted by Gasteiger charge is -2.14. The number of para-hydroxylation sites is 1. The van der Waals surface area contributed by atoms with Crippen LogP contribution in [0.2, 0.25) is 0 Å². The van der Waals surface area contributed by atoms with Gasteiger partial charge in [-0.15, -0.1) is 0 Å². The van der Waals surface area contributed by atoms with E-state index in [0.29, 0.717) is 17.0 Å². The molecule has 0 radical (unpaired) electrons. The Kier molecular flexibility index (Phi) is 6.63. The van der Waals surface area contributed by atoms with Crippen LogP contribution in [-0.4, -0.2) is 34.3 Å². The van der Waals surface area contributed by atoms with Crippen LogP contribution in [0.1, 0.15) is 23.6 Å². The fraction of sp³-hybridized carbons (Fsp3) is 0.0769. The van der Waals surface area contributed by atoms with Gasteiger partial charge in [0.1, 0.15) is 11.6 Å². The van der Waals surface area contributed by atoms with Crippen molar-refractivity contribution in [3.8, 4) is 17.6 Å². The zero-order chi connectivity index (χ0) is 26.9. The number of pyridine rings is 1. The fourth-order valence-corrected chi connectivity index (χ4v) is 4.36. The van der Waals surface area contributed by atoms with Crippen LogP contribution in [0.5, 0.6) is 5.88 Å². The molecule has 0 bridgehead atoms. The summed E-state index contributed by atoms with van der Waals surface area (Å²) in [6.07, 6.45) is 4.41. The first kappa shape index (κ1) is 25.3. The molecule has 0 saturated carbocycles. The van der Waals surface area contributed by atoms with Crippen molar-refractivity contribution in [1.82, 2.24) is 4.57 Å². The van der Waals surface area contributed by atoms with Gasteiger partial charge in [-0.1, -0.05) is 30.3 Å². The quantitative estimate of drug-likeness (QED) is 0.389. The smallest absolute Gasteiger partial charge is 0.294 e. The summed E-state index contributed by atoms with van der Waals surface area (Å²) < 4.78 is 33.3. The summed E-state index contributed by atoms with van der Waals surface area (Å²) in [5.41, 5.74) is 0.470. The Morgan fingerprint density at radius 1 is 1.03 bits per heavy atom. The molecule has 0 saturated heterocycles. The van der Waals surface area contributed by atoms with Crippen LogP contribution in [0.4, 0.5) is 5.69 Å². The van der Waals surface area contributed by atoms with Crippen molar-refractivity contribution < 1.29 is 22.9 Å². The summed E-state index contributed by atoms with van der Waals surface area (Å²) in [5.74, 6) is -0.906. The Labute approximate surface area is 212 Å². The van der Waals surface area contributed by atoms with Crippen LogP contribution in [0.15, 0.2) is 87.1 Å². The second-order valence-electron chi connectivity index (χ2n) is 8.04. The molecule has 2 N–H and O–H groups in total. The molecule has 0 atom stereocenters. The molecule has 1 aliphatic rings. The van der Waals surface area contributed by atoms with Crippen molar-refractivity contribution in [3.05, 3.63) is 99.4 Å². The van der Waals surface area contributed by atoms with E-state index in [9.17, 15) is 32.9 Å². The number of nitriles is 1. The van der Waals surface area contributed by atoms with E-state index in [1.807, 2.05) is 12.1 Å². The predicted octanol–water partition coefficient (Wildman–Crippen LogP) is 3.33. The number of aromatic nitrogens is 1. The summed E-state index contributed by atoms with van der Waals surface area (Å²) >= 11 is 0. The maximum atomic E-state index is 13.0. The standard InChI is InChI=1S/C26H20N4O6S/c1-16-21(12-7-13-22-17(2)28-30(26(22)33)18-8-4-3-5-9-18)24(31)29(25(32)23(16)15-27)19-10-6-11-20(14-19)37(34,35)36/h3-14,31H,1-2H3,(H,34,35,36)/b12-7+,22-13-. The van der Waals surface area contributed by atoms with E-state index in [1.165, 1.54) is 42.3 Å². The molecule has 10 nitrogen and oxygen atoms in total. The molecule has 4 rings (SSSR count). The fourth-order valence-electron chi connectivity index (χ4n) is 3.84. The molecule has 0 unspecified atom stereocenters. The molecular formula is C26H20N4O6S. The lowest BCUT2D eigenvalue weighted by atomic mass is 10.0. The van der Waals surface area contributed by atoms with Crippen LogP contribution in [0.3, 0.4) is 0 Å². The third-order valence-corrected chi connectivity index (χ3v) is 6.57. The van der Waals surface area contributed by atoms with Crippen LogP contribution in [0.25, 0.3) is 11.8 Å². The highest BCUT2D eigenvalue weighted by molar-refractivity contribution is 7.85. The van der Waals surface area contributed by atoms with Crippen LogP contribution >= 0.6 is 0 Å². The van der Waals surface area contributed by atoms with Crippen molar-refractivity contribution in [1.29, 1.82) is 5.26 Å². The molecule has 0 fully saturated rings. The van der Waals surface area contributed by atoms with Gasteiger partial charge in [0.15, 0.2) is 0 Å². The Morgan fingerprint density at radius 2 is 1.70 bits per heavy atom. The number of rotatable bonds is 5. The summed E-state index contributed by atoms with van der Waals surface area (Å²) in [6.45, 7) is 3.16. The van der Waals surface area contributed by atoms with Gasteiger partial charge < -0.3 is 5.11 Å². The number of nitrogens with zero attached hydrogens (tertiary/aromatic N) is 4. The highest BCUT2D eigenvalue weighted by Gasteiger charge is 2.28. The van der Waals surface area contributed by atoms with Gasteiger partial charge in [-0.2, -0.15) is 23.8 Å². The minimum Gasteiger partial charge on any atom is -0.494 e. The molecule has 0 spiro atoms. The maximum Gasteiger partial charge on any atom is 0.294 e. The van der Waals surface area contributed by atoms with E-state index in [1.54, 1.807) is 31.2 Å². The van der Waals surface area contributed by atoms with Crippen molar-refractivity contribution in [3.63, 3.8) is 0 Å². The molecule has 1 aliphatic heterocycles. The first-order chi connectivity index (χ1) is 17.5. The molecule has 0 aliphatic carbocycles. The van der Waals surface area contributed by atoms with E-state index in [4.69, 9.17) is 0 Å². The normalized spacial score (nSPS) is 14.9. The molecule has 37 heavy (non-hydrogen) atoms. The number of carbonyl (C=O) groups is 1. The minimum absolute atomic E-state index is 0.0745. The average molecular weight is 517 g/mol. The minimum atomic E-state index is -4.58. The number of carbonyl (C=O) groups excluding carboxylic acids is 1. The molecular weight excluding hydrogens is 496 g/mol. The zero-order valence-corrected chi connectivity index (χ0v) is 20.5.